The first-order valence-electron chi connectivity index (χ1n) is 9.22. The number of aryl methyl sites for hydroxylation is 1. The highest BCUT2D eigenvalue weighted by atomic mass is 32.2. The van der Waals surface area contributed by atoms with Gasteiger partial charge in [-0.3, -0.25) is 4.79 Å². The van der Waals surface area contributed by atoms with Gasteiger partial charge in [-0.2, -0.15) is 0 Å². The number of thioether (sulfide) groups is 1. The number of anilines is 1. The van der Waals surface area contributed by atoms with Crippen LogP contribution in [0.1, 0.15) is 42.8 Å². The lowest BCUT2D eigenvalue weighted by Gasteiger charge is -2.20. The fourth-order valence-electron chi connectivity index (χ4n) is 2.48. The lowest BCUT2D eigenvalue weighted by Crippen LogP contribution is -2.26. The predicted octanol–water partition coefficient (Wildman–Crippen LogP) is 3.15. The van der Waals surface area contributed by atoms with Crippen LogP contribution in [0.5, 0.6) is 0 Å². The van der Waals surface area contributed by atoms with Gasteiger partial charge >= 0.3 is 0 Å². The van der Waals surface area contributed by atoms with Crippen LogP contribution in [0.25, 0.3) is 0 Å². The molecule has 7 nitrogen and oxygen atoms in total. The van der Waals surface area contributed by atoms with Crippen LogP contribution in [-0.4, -0.2) is 49.2 Å². The van der Waals surface area contributed by atoms with E-state index in [0.717, 1.165) is 36.2 Å². The minimum Gasteiger partial charge on any atom is -0.455 e. The Morgan fingerprint density at radius 3 is 2.70 bits per heavy atom. The lowest BCUT2D eigenvalue weighted by atomic mass is 10.3. The quantitative estimate of drug-likeness (QED) is 0.357. The Kier molecular flexibility index (Phi) is 8.60. The van der Waals surface area contributed by atoms with E-state index in [1.165, 1.54) is 11.8 Å². The number of nitrogens with zero attached hydrogens (tertiary/aromatic N) is 3. The van der Waals surface area contributed by atoms with Crippen LogP contribution < -0.4 is 10.2 Å². The van der Waals surface area contributed by atoms with Gasteiger partial charge in [-0.05, 0) is 32.4 Å². The average Bonchev–Trinajstić information content (AvgIpc) is 3.16. The van der Waals surface area contributed by atoms with Crippen molar-refractivity contribution in [3.8, 4) is 0 Å². The summed E-state index contributed by atoms with van der Waals surface area (Å²) >= 11 is 1.51. The van der Waals surface area contributed by atoms with Gasteiger partial charge in [0, 0.05) is 38.5 Å². The fourth-order valence-corrected chi connectivity index (χ4v) is 3.25. The first-order valence-corrected chi connectivity index (χ1v) is 10.2. The van der Waals surface area contributed by atoms with Crippen LogP contribution in [0.15, 0.2) is 27.8 Å². The maximum absolute atomic E-state index is 12.0. The Bertz CT molecular complexity index is 731. The molecule has 0 saturated carbocycles. The van der Waals surface area contributed by atoms with E-state index >= 15 is 0 Å². The molecule has 8 heteroatoms. The van der Waals surface area contributed by atoms with Gasteiger partial charge < -0.3 is 19.4 Å². The summed E-state index contributed by atoms with van der Waals surface area (Å²) in [4.78, 5) is 23.5. The van der Waals surface area contributed by atoms with Crippen LogP contribution in [0.4, 0.5) is 5.82 Å². The van der Waals surface area contributed by atoms with E-state index in [2.05, 4.69) is 41.0 Å². The second-order valence-corrected chi connectivity index (χ2v) is 6.77. The van der Waals surface area contributed by atoms with E-state index in [9.17, 15) is 4.79 Å². The second kappa shape index (κ2) is 10.9. The predicted molar refractivity (Wildman–Crippen MR) is 107 cm³/mol. The minimum absolute atomic E-state index is 0.239. The zero-order valence-electron chi connectivity index (χ0n) is 16.4. The molecule has 0 aliphatic rings. The zero-order chi connectivity index (χ0) is 19.6. The number of ether oxygens (including phenoxy) is 1. The largest absolute Gasteiger partial charge is 0.455 e. The third-order valence-corrected chi connectivity index (χ3v) is 4.89. The van der Waals surface area contributed by atoms with Crippen LogP contribution in [-0.2, 0) is 16.9 Å². The first kappa shape index (κ1) is 21.2. The van der Waals surface area contributed by atoms with Gasteiger partial charge in [-0.1, -0.05) is 18.7 Å². The minimum atomic E-state index is -0.239. The molecule has 148 valence electrons. The molecule has 0 spiro atoms. The van der Waals surface area contributed by atoms with Gasteiger partial charge in [0.15, 0.2) is 10.9 Å². The Hall–Kier alpha value is -2.06. The highest BCUT2D eigenvalue weighted by Gasteiger charge is 2.13. The highest BCUT2D eigenvalue weighted by molar-refractivity contribution is 7.98. The Morgan fingerprint density at radius 2 is 2.04 bits per heavy atom. The summed E-state index contributed by atoms with van der Waals surface area (Å²) in [6.07, 6.45) is 0.858. The third kappa shape index (κ3) is 6.25. The first-order chi connectivity index (χ1) is 13.1. The van der Waals surface area contributed by atoms with Crippen LogP contribution >= 0.6 is 11.8 Å². The third-order valence-electron chi connectivity index (χ3n) is 4.02. The van der Waals surface area contributed by atoms with Crippen molar-refractivity contribution in [2.75, 3.05) is 38.3 Å². The maximum atomic E-state index is 12.0. The summed E-state index contributed by atoms with van der Waals surface area (Å²) in [5, 5.41) is 3.46. The number of aromatic nitrogens is 2. The number of nitrogens with one attached hydrogen (secondary N) is 1. The monoisotopic (exact) mass is 392 g/mol. The van der Waals surface area contributed by atoms with Gasteiger partial charge in [0.2, 0.25) is 0 Å². The highest BCUT2D eigenvalue weighted by Crippen LogP contribution is 2.24. The van der Waals surface area contributed by atoms with E-state index < -0.39 is 0 Å². The lowest BCUT2D eigenvalue weighted by molar-refractivity contribution is 0.0908. The summed E-state index contributed by atoms with van der Waals surface area (Å²) in [5.41, 5.74) is 1.02. The topological polar surface area (TPSA) is 80.5 Å². The summed E-state index contributed by atoms with van der Waals surface area (Å²) in [6, 6.07) is 5.54. The number of furan rings is 1. The van der Waals surface area contributed by atoms with Crippen LogP contribution in [0.2, 0.25) is 0 Å². The van der Waals surface area contributed by atoms with E-state index in [4.69, 9.17) is 9.15 Å². The number of amides is 1. The number of carbonyl (C=O) groups is 1. The Morgan fingerprint density at radius 1 is 1.26 bits per heavy atom. The summed E-state index contributed by atoms with van der Waals surface area (Å²) in [7, 11) is 1.59. The molecule has 0 bridgehead atoms. The van der Waals surface area contributed by atoms with Crippen molar-refractivity contribution in [2.45, 2.75) is 38.1 Å². The molecule has 2 aromatic rings. The van der Waals surface area contributed by atoms with Crippen LogP contribution in [0, 0.1) is 0 Å². The molecule has 0 saturated heterocycles. The van der Waals surface area contributed by atoms with Crippen molar-refractivity contribution in [1.29, 1.82) is 0 Å². The van der Waals surface area contributed by atoms with Crippen molar-refractivity contribution < 1.29 is 13.9 Å². The van der Waals surface area contributed by atoms with Gasteiger partial charge in [0.05, 0.1) is 12.4 Å². The summed E-state index contributed by atoms with van der Waals surface area (Å²) in [5.74, 6) is 2.29. The molecule has 0 unspecified atom stereocenters. The normalized spacial score (nSPS) is 10.8. The molecular weight excluding hydrogens is 364 g/mol. The summed E-state index contributed by atoms with van der Waals surface area (Å²) in [6.45, 7) is 9.05. The molecule has 2 rings (SSSR count). The van der Waals surface area contributed by atoms with Crippen molar-refractivity contribution in [3.05, 3.63) is 35.4 Å². The molecule has 0 atom stereocenters. The number of hydrogen-bond donors (Lipinski definition) is 1. The van der Waals surface area contributed by atoms with E-state index in [0.29, 0.717) is 30.4 Å². The van der Waals surface area contributed by atoms with E-state index in [1.807, 2.05) is 12.1 Å². The van der Waals surface area contributed by atoms with E-state index in [1.54, 1.807) is 13.2 Å². The second-order valence-electron chi connectivity index (χ2n) is 5.83. The Balaban J connectivity index is 2.02. The molecule has 0 aliphatic carbocycles. The molecule has 27 heavy (non-hydrogen) atoms. The smallest absolute Gasteiger partial charge is 0.287 e. The molecule has 1 amide bonds. The van der Waals surface area contributed by atoms with Gasteiger partial charge in [0.25, 0.3) is 5.91 Å². The number of methoxy groups -OCH3 is 1. The van der Waals surface area contributed by atoms with Gasteiger partial charge in [-0.15, -0.1) is 0 Å². The van der Waals surface area contributed by atoms with Crippen molar-refractivity contribution >= 4 is 23.5 Å². The average molecular weight is 393 g/mol. The summed E-state index contributed by atoms with van der Waals surface area (Å²) < 4.78 is 10.6. The molecule has 2 heterocycles. The molecule has 0 radical (unpaired) electrons. The molecule has 2 aromatic heterocycles. The van der Waals surface area contributed by atoms with Crippen LogP contribution in [0.3, 0.4) is 0 Å². The van der Waals surface area contributed by atoms with Crippen molar-refractivity contribution in [2.24, 2.45) is 0 Å². The van der Waals surface area contributed by atoms with Crippen molar-refractivity contribution in [3.63, 3.8) is 0 Å². The van der Waals surface area contributed by atoms with Gasteiger partial charge in [0.1, 0.15) is 11.6 Å². The maximum Gasteiger partial charge on any atom is 0.287 e. The molecule has 1 N–H and O–H groups in total. The Labute approximate surface area is 164 Å². The molecular formula is C19H28N4O3S. The number of rotatable bonds is 11. The SMILES string of the molecule is CCc1cc(N(CC)CC)nc(SCc2ccc(C(=O)NCCOC)o2)n1. The van der Waals surface area contributed by atoms with Crippen molar-refractivity contribution in [1.82, 2.24) is 15.3 Å². The fraction of sp³-hybridized carbons (Fsp3) is 0.526. The number of carbonyl (C=O) groups excluding carboxylic acids is 1. The number of hydrogen-bond acceptors (Lipinski definition) is 7. The van der Waals surface area contributed by atoms with E-state index in [-0.39, 0.29) is 5.91 Å². The molecule has 0 aliphatic heterocycles. The standard InChI is InChI=1S/C19H28N4O3S/c1-5-14-12-17(23(6-2)7-3)22-19(21-14)27-13-15-8-9-16(26-15)18(24)20-10-11-25-4/h8-9,12H,5-7,10-11,13H2,1-4H3,(H,20,24). The van der Waals surface area contributed by atoms with Gasteiger partial charge in [-0.25, -0.2) is 9.97 Å². The molecule has 0 aromatic carbocycles. The molecule has 0 fully saturated rings. The zero-order valence-corrected chi connectivity index (χ0v) is 17.3.